The summed E-state index contributed by atoms with van der Waals surface area (Å²) in [5, 5.41) is 12.6. The minimum absolute atomic E-state index is 0.313. The van der Waals surface area contributed by atoms with Crippen molar-refractivity contribution in [3.63, 3.8) is 0 Å². The van der Waals surface area contributed by atoms with Crippen LogP contribution < -0.4 is 5.32 Å². The monoisotopic (exact) mass is 228 g/mol. The lowest BCUT2D eigenvalue weighted by atomic mass is 9.90. The maximum absolute atomic E-state index is 9.04. The number of piperidine rings is 1. The molecule has 1 saturated heterocycles. The molecule has 2 atom stereocenters. The normalized spacial score (nSPS) is 23.2. The van der Waals surface area contributed by atoms with E-state index in [0.29, 0.717) is 18.6 Å². The van der Waals surface area contributed by atoms with Crippen LogP contribution in [0, 0.1) is 11.8 Å². The number of hydrogen-bond donors (Lipinski definition) is 2. The van der Waals surface area contributed by atoms with Crippen LogP contribution in [0.2, 0.25) is 0 Å². The predicted octanol–water partition coefficient (Wildman–Crippen LogP) is 1.32. The molecule has 0 aromatic carbocycles. The Kier molecular flexibility index (Phi) is 6.32. The third kappa shape index (κ3) is 4.40. The van der Waals surface area contributed by atoms with Gasteiger partial charge < -0.3 is 15.3 Å². The van der Waals surface area contributed by atoms with Gasteiger partial charge in [-0.2, -0.15) is 0 Å². The van der Waals surface area contributed by atoms with Gasteiger partial charge in [-0.3, -0.25) is 0 Å². The van der Waals surface area contributed by atoms with E-state index in [9.17, 15) is 0 Å². The fourth-order valence-corrected chi connectivity index (χ4v) is 2.62. The summed E-state index contributed by atoms with van der Waals surface area (Å²) >= 11 is 0. The van der Waals surface area contributed by atoms with Crippen molar-refractivity contribution in [3.8, 4) is 0 Å². The second kappa shape index (κ2) is 7.25. The van der Waals surface area contributed by atoms with Crippen LogP contribution in [0.3, 0.4) is 0 Å². The summed E-state index contributed by atoms with van der Waals surface area (Å²) in [7, 11) is 0. The molecule has 0 saturated carbocycles. The largest absolute Gasteiger partial charge is 0.396 e. The average Bonchev–Trinajstić information content (AvgIpc) is 2.30. The van der Waals surface area contributed by atoms with E-state index in [1.165, 1.54) is 25.9 Å². The first-order valence-electron chi connectivity index (χ1n) is 6.74. The Morgan fingerprint density at radius 1 is 1.31 bits per heavy atom. The fraction of sp³-hybridized carbons (Fsp3) is 1.00. The maximum atomic E-state index is 9.04. The fourth-order valence-electron chi connectivity index (χ4n) is 2.62. The molecule has 0 bridgehead atoms. The first-order chi connectivity index (χ1) is 7.67. The van der Waals surface area contributed by atoms with Crippen molar-refractivity contribution < 1.29 is 5.11 Å². The summed E-state index contributed by atoms with van der Waals surface area (Å²) in [6.45, 7) is 11.4. The van der Waals surface area contributed by atoms with Crippen LogP contribution in [0.15, 0.2) is 0 Å². The minimum atomic E-state index is 0.313. The van der Waals surface area contributed by atoms with Gasteiger partial charge in [-0.05, 0) is 51.2 Å². The Morgan fingerprint density at radius 3 is 2.44 bits per heavy atom. The number of aliphatic hydroxyl groups is 1. The van der Waals surface area contributed by atoms with Crippen molar-refractivity contribution in [2.24, 2.45) is 11.8 Å². The molecule has 2 N–H and O–H groups in total. The number of aliphatic hydroxyl groups excluding tert-OH is 1. The van der Waals surface area contributed by atoms with E-state index in [1.54, 1.807) is 0 Å². The Hall–Kier alpha value is -0.120. The van der Waals surface area contributed by atoms with E-state index in [1.807, 2.05) is 0 Å². The highest BCUT2D eigenvalue weighted by molar-refractivity contribution is 4.79. The first kappa shape index (κ1) is 13.9. The van der Waals surface area contributed by atoms with Crippen molar-refractivity contribution >= 4 is 0 Å². The summed E-state index contributed by atoms with van der Waals surface area (Å²) in [4.78, 5) is 2.50. The van der Waals surface area contributed by atoms with Gasteiger partial charge in [-0.25, -0.2) is 0 Å². The average molecular weight is 228 g/mol. The lowest BCUT2D eigenvalue weighted by Crippen LogP contribution is -2.43. The second-order valence-corrected chi connectivity index (χ2v) is 5.27. The molecule has 96 valence electrons. The third-order valence-electron chi connectivity index (χ3n) is 3.75. The van der Waals surface area contributed by atoms with Crippen molar-refractivity contribution in [2.45, 2.75) is 39.7 Å². The molecular formula is C13H28N2O. The molecule has 3 nitrogen and oxygen atoms in total. The van der Waals surface area contributed by atoms with Crippen LogP contribution in [-0.4, -0.2) is 48.8 Å². The van der Waals surface area contributed by atoms with Crippen LogP contribution in [0.25, 0.3) is 0 Å². The van der Waals surface area contributed by atoms with Crippen molar-refractivity contribution in [2.75, 3.05) is 32.8 Å². The molecule has 2 unspecified atom stereocenters. The van der Waals surface area contributed by atoms with Crippen molar-refractivity contribution in [1.82, 2.24) is 10.2 Å². The predicted molar refractivity (Wildman–Crippen MR) is 68.6 cm³/mol. The summed E-state index contributed by atoms with van der Waals surface area (Å²) in [6, 6.07) is 0.655. The van der Waals surface area contributed by atoms with Crippen LogP contribution in [0.1, 0.15) is 33.6 Å². The summed E-state index contributed by atoms with van der Waals surface area (Å²) < 4.78 is 0. The van der Waals surface area contributed by atoms with Gasteiger partial charge in [0.25, 0.3) is 0 Å². The summed E-state index contributed by atoms with van der Waals surface area (Å²) in [6.07, 6.45) is 2.60. The lowest BCUT2D eigenvalue weighted by molar-refractivity contribution is 0.125. The summed E-state index contributed by atoms with van der Waals surface area (Å²) in [5.74, 6) is 1.25. The molecule has 1 aliphatic rings. The molecule has 1 heterocycles. The zero-order valence-electron chi connectivity index (χ0n) is 11.1. The Balaban J connectivity index is 2.23. The Morgan fingerprint density at radius 2 is 1.94 bits per heavy atom. The molecular weight excluding hydrogens is 200 g/mol. The Labute approximate surface area is 100 Å². The molecule has 0 radical (unpaired) electrons. The second-order valence-electron chi connectivity index (χ2n) is 5.27. The van der Waals surface area contributed by atoms with E-state index >= 15 is 0 Å². The lowest BCUT2D eigenvalue weighted by Gasteiger charge is -2.36. The molecule has 16 heavy (non-hydrogen) atoms. The van der Waals surface area contributed by atoms with E-state index in [4.69, 9.17) is 5.11 Å². The van der Waals surface area contributed by atoms with E-state index in [-0.39, 0.29) is 0 Å². The number of rotatable bonds is 6. The van der Waals surface area contributed by atoms with Gasteiger partial charge in [0.15, 0.2) is 0 Å². The molecule has 1 aliphatic heterocycles. The highest BCUT2D eigenvalue weighted by atomic mass is 16.3. The highest BCUT2D eigenvalue weighted by Gasteiger charge is 2.23. The topological polar surface area (TPSA) is 35.5 Å². The molecule has 0 aromatic rings. The van der Waals surface area contributed by atoms with Gasteiger partial charge in [-0.15, -0.1) is 0 Å². The first-order valence-corrected chi connectivity index (χ1v) is 6.74. The molecule has 0 amide bonds. The standard InChI is InChI=1S/C13H28N2O/c1-4-14-12(3)13-5-7-15(8-6-13)9-11(2)10-16/h11-14,16H,4-10H2,1-3H3. The number of hydrogen-bond acceptors (Lipinski definition) is 3. The van der Waals surface area contributed by atoms with Gasteiger partial charge in [0.05, 0.1) is 0 Å². The molecule has 0 aromatic heterocycles. The van der Waals surface area contributed by atoms with E-state index in [2.05, 4.69) is 31.0 Å². The molecule has 1 fully saturated rings. The molecule has 1 rings (SSSR count). The minimum Gasteiger partial charge on any atom is -0.396 e. The third-order valence-corrected chi connectivity index (χ3v) is 3.75. The smallest absolute Gasteiger partial charge is 0.0468 e. The molecule has 0 spiro atoms. The number of nitrogens with one attached hydrogen (secondary N) is 1. The van der Waals surface area contributed by atoms with E-state index < -0.39 is 0 Å². The van der Waals surface area contributed by atoms with E-state index in [0.717, 1.165) is 19.0 Å². The van der Waals surface area contributed by atoms with Crippen LogP contribution in [-0.2, 0) is 0 Å². The SMILES string of the molecule is CCNC(C)C1CCN(CC(C)CO)CC1. The van der Waals surface area contributed by atoms with Gasteiger partial charge >= 0.3 is 0 Å². The van der Waals surface area contributed by atoms with Crippen LogP contribution in [0.5, 0.6) is 0 Å². The van der Waals surface area contributed by atoms with Crippen LogP contribution >= 0.6 is 0 Å². The van der Waals surface area contributed by atoms with Gasteiger partial charge in [-0.1, -0.05) is 13.8 Å². The quantitative estimate of drug-likeness (QED) is 0.720. The zero-order chi connectivity index (χ0) is 12.0. The molecule has 3 heteroatoms. The van der Waals surface area contributed by atoms with Crippen molar-refractivity contribution in [3.05, 3.63) is 0 Å². The Bertz CT molecular complexity index is 179. The van der Waals surface area contributed by atoms with Gasteiger partial charge in [0.1, 0.15) is 0 Å². The maximum Gasteiger partial charge on any atom is 0.0468 e. The van der Waals surface area contributed by atoms with Gasteiger partial charge in [0.2, 0.25) is 0 Å². The molecule has 0 aliphatic carbocycles. The van der Waals surface area contributed by atoms with Crippen LogP contribution in [0.4, 0.5) is 0 Å². The number of likely N-dealkylation sites (tertiary alicyclic amines) is 1. The van der Waals surface area contributed by atoms with Crippen molar-refractivity contribution in [1.29, 1.82) is 0 Å². The summed E-state index contributed by atoms with van der Waals surface area (Å²) in [5.41, 5.74) is 0. The van der Waals surface area contributed by atoms with Gasteiger partial charge in [0, 0.05) is 19.2 Å². The number of nitrogens with zero attached hydrogens (tertiary/aromatic N) is 1. The highest BCUT2D eigenvalue weighted by Crippen LogP contribution is 2.21. The zero-order valence-corrected chi connectivity index (χ0v) is 11.1.